The van der Waals surface area contributed by atoms with E-state index in [9.17, 15) is 9.59 Å². The van der Waals surface area contributed by atoms with Crippen molar-refractivity contribution >= 4 is 11.9 Å². The molecule has 0 saturated carbocycles. The van der Waals surface area contributed by atoms with Crippen LogP contribution < -0.4 is 10.1 Å². The third kappa shape index (κ3) is 14.8. The van der Waals surface area contributed by atoms with Gasteiger partial charge in [0.2, 0.25) is 0 Å². The highest BCUT2D eigenvalue weighted by Gasteiger charge is 2.27. The van der Waals surface area contributed by atoms with E-state index >= 15 is 0 Å². The molecule has 0 radical (unpaired) electrons. The van der Waals surface area contributed by atoms with Crippen molar-refractivity contribution in [3.8, 4) is 5.75 Å². The fourth-order valence-electron chi connectivity index (χ4n) is 5.46. The van der Waals surface area contributed by atoms with Crippen LogP contribution in [0.25, 0.3) is 0 Å². The van der Waals surface area contributed by atoms with Crippen LogP contribution in [0.5, 0.6) is 5.75 Å². The third-order valence-corrected chi connectivity index (χ3v) is 8.16. The van der Waals surface area contributed by atoms with Crippen LogP contribution in [0, 0.1) is 0 Å². The maximum Gasteiger partial charge on any atom is 0.408 e. The molecule has 0 aliphatic carbocycles. The molecule has 2 atom stereocenters. The number of rotatable bonds is 23. The molecule has 0 saturated heterocycles. The number of carbonyl (C=O) groups is 2. The molecule has 0 aliphatic rings. The minimum absolute atomic E-state index is 0.162. The molecule has 0 spiro atoms. The molecular formula is C39H53NO5. The van der Waals surface area contributed by atoms with Crippen molar-refractivity contribution < 1.29 is 23.8 Å². The van der Waals surface area contributed by atoms with E-state index in [1.807, 2.05) is 84.9 Å². The van der Waals surface area contributed by atoms with E-state index in [1.54, 1.807) is 7.11 Å². The van der Waals surface area contributed by atoms with Crippen molar-refractivity contribution in [2.45, 2.75) is 116 Å². The maximum absolute atomic E-state index is 13.1. The van der Waals surface area contributed by atoms with Crippen molar-refractivity contribution in [3.05, 3.63) is 102 Å². The summed E-state index contributed by atoms with van der Waals surface area (Å²) in [6, 6.07) is 26.6. The zero-order valence-corrected chi connectivity index (χ0v) is 27.4. The van der Waals surface area contributed by atoms with Gasteiger partial charge in [-0.05, 0) is 41.7 Å². The number of ketones is 1. The van der Waals surface area contributed by atoms with Crippen LogP contribution >= 0.6 is 0 Å². The van der Waals surface area contributed by atoms with Crippen LogP contribution in [-0.4, -0.2) is 25.1 Å². The van der Waals surface area contributed by atoms with Crippen LogP contribution in [0.4, 0.5) is 4.79 Å². The predicted molar refractivity (Wildman–Crippen MR) is 181 cm³/mol. The maximum atomic E-state index is 13.1. The Morgan fingerprint density at radius 1 is 0.667 bits per heavy atom. The van der Waals surface area contributed by atoms with Gasteiger partial charge < -0.3 is 19.5 Å². The number of carbonyl (C=O) groups excluding carboxylic acids is 2. The molecule has 6 heteroatoms. The molecule has 6 nitrogen and oxygen atoms in total. The summed E-state index contributed by atoms with van der Waals surface area (Å²) < 4.78 is 17.4. The number of hydrogen-bond acceptors (Lipinski definition) is 5. The fourth-order valence-corrected chi connectivity index (χ4v) is 5.46. The smallest absolute Gasteiger partial charge is 0.408 e. The molecule has 0 aliphatic heterocycles. The Bertz CT molecular complexity index is 1200. The summed E-state index contributed by atoms with van der Waals surface area (Å²) in [6.45, 7) is 2.78. The van der Waals surface area contributed by atoms with Gasteiger partial charge in [-0.15, -0.1) is 0 Å². The first-order valence-corrected chi connectivity index (χ1v) is 16.9. The number of benzene rings is 3. The first-order chi connectivity index (χ1) is 22.1. The van der Waals surface area contributed by atoms with Gasteiger partial charge in [-0.2, -0.15) is 0 Å². The summed E-state index contributed by atoms with van der Waals surface area (Å²) in [4.78, 5) is 26.1. The first-order valence-electron chi connectivity index (χ1n) is 16.9. The second kappa shape index (κ2) is 22.0. The highest BCUT2D eigenvalue weighted by Crippen LogP contribution is 2.27. The monoisotopic (exact) mass is 615 g/mol. The molecule has 3 aromatic rings. The number of amides is 1. The lowest BCUT2D eigenvalue weighted by molar-refractivity contribution is -0.120. The van der Waals surface area contributed by atoms with Gasteiger partial charge in [0.15, 0.2) is 0 Å². The molecule has 3 rings (SSSR count). The lowest BCUT2D eigenvalue weighted by Crippen LogP contribution is -2.38. The molecule has 0 bridgehead atoms. The molecule has 244 valence electrons. The molecule has 1 N–H and O–H groups in total. The van der Waals surface area contributed by atoms with E-state index in [4.69, 9.17) is 14.2 Å². The minimum atomic E-state index is -0.537. The second-order valence-corrected chi connectivity index (χ2v) is 11.8. The van der Waals surface area contributed by atoms with Crippen molar-refractivity contribution in [2.24, 2.45) is 0 Å². The second-order valence-electron chi connectivity index (χ2n) is 11.8. The number of ether oxygens (including phenoxy) is 3. The van der Waals surface area contributed by atoms with E-state index in [0.717, 1.165) is 35.3 Å². The van der Waals surface area contributed by atoms with E-state index in [1.165, 1.54) is 51.4 Å². The van der Waals surface area contributed by atoms with Crippen molar-refractivity contribution in [3.63, 3.8) is 0 Å². The van der Waals surface area contributed by atoms with Crippen LogP contribution in [0.1, 0.15) is 113 Å². The number of alkyl carbamates (subject to hydrolysis) is 1. The van der Waals surface area contributed by atoms with E-state index in [-0.39, 0.29) is 12.4 Å². The average molecular weight is 616 g/mol. The lowest BCUT2D eigenvalue weighted by Gasteiger charge is -2.29. The van der Waals surface area contributed by atoms with E-state index < -0.39 is 18.2 Å². The van der Waals surface area contributed by atoms with Gasteiger partial charge in [0, 0.05) is 12.8 Å². The van der Waals surface area contributed by atoms with Gasteiger partial charge >= 0.3 is 6.09 Å². The molecule has 0 unspecified atom stereocenters. The Labute approximate surface area is 270 Å². The van der Waals surface area contributed by atoms with Gasteiger partial charge in [-0.1, -0.05) is 138 Å². The molecule has 3 aromatic carbocycles. The zero-order chi connectivity index (χ0) is 32.0. The van der Waals surface area contributed by atoms with Crippen LogP contribution in [-0.2, 0) is 27.5 Å². The Balaban J connectivity index is 1.60. The van der Waals surface area contributed by atoms with E-state index in [2.05, 4.69) is 12.2 Å². The summed E-state index contributed by atoms with van der Waals surface area (Å²) in [5, 5.41) is 3.05. The molecule has 0 fully saturated rings. The number of hydrogen-bond donors (Lipinski definition) is 1. The number of unbranched alkanes of at least 4 members (excludes halogenated alkanes) is 9. The number of nitrogens with one attached hydrogen (secondary N) is 1. The SMILES string of the molecule is CCCCCCCCCCCCC(=O)CC[C@H](OCc1ccccc1)[C@H](NC(=O)OCc1ccccc1)c1ccc(OC)cc1. The number of methoxy groups -OCH3 is 1. The van der Waals surface area contributed by atoms with Gasteiger partial charge in [0.05, 0.1) is 25.9 Å². The minimum Gasteiger partial charge on any atom is -0.497 e. The largest absolute Gasteiger partial charge is 0.497 e. The van der Waals surface area contributed by atoms with E-state index in [0.29, 0.717) is 25.9 Å². The Morgan fingerprint density at radius 3 is 1.80 bits per heavy atom. The zero-order valence-electron chi connectivity index (χ0n) is 27.4. The predicted octanol–water partition coefficient (Wildman–Crippen LogP) is 9.91. The summed E-state index contributed by atoms with van der Waals surface area (Å²) in [7, 11) is 1.62. The van der Waals surface area contributed by atoms with Gasteiger partial charge in [-0.25, -0.2) is 4.79 Å². The van der Waals surface area contributed by atoms with Gasteiger partial charge in [0.25, 0.3) is 0 Å². The fraction of sp³-hybridized carbons (Fsp3) is 0.487. The Morgan fingerprint density at radius 2 is 1.22 bits per heavy atom. The van der Waals surface area contributed by atoms with Crippen LogP contribution in [0.15, 0.2) is 84.9 Å². The third-order valence-electron chi connectivity index (χ3n) is 8.16. The summed E-state index contributed by atoms with van der Waals surface area (Å²) in [5.74, 6) is 0.959. The summed E-state index contributed by atoms with van der Waals surface area (Å²) in [6.07, 6.45) is 12.9. The molecule has 45 heavy (non-hydrogen) atoms. The summed E-state index contributed by atoms with van der Waals surface area (Å²) >= 11 is 0. The molecular weight excluding hydrogens is 562 g/mol. The Kier molecular flexibility index (Phi) is 17.5. The van der Waals surface area contributed by atoms with Gasteiger partial charge in [-0.3, -0.25) is 4.79 Å². The average Bonchev–Trinajstić information content (AvgIpc) is 3.08. The highest BCUT2D eigenvalue weighted by atomic mass is 16.5. The van der Waals surface area contributed by atoms with Crippen molar-refractivity contribution in [2.75, 3.05) is 7.11 Å². The standard InChI is InChI=1S/C39H53NO5/c1-3-4-5-6-7-8-9-10-11-18-23-35(41)26-29-37(44-30-32-19-14-12-15-20-32)38(34-24-27-36(43-2)28-25-34)40-39(42)45-31-33-21-16-13-17-22-33/h12-17,19-22,24-25,27-28,37-38H,3-11,18,23,26,29-31H2,1-2H3,(H,40,42)/t37-,38+/m0/s1. The molecule has 1 amide bonds. The van der Waals surface area contributed by atoms with Crippen LogP contribution in [0.2, 0.25) is 0 Å². The quantitative estimate of drug-likeness (QED) is 0.108. The summed E-state index contributed by atoms with van der Waals surface area (Å²) in [5.41, 5.74) is 2.79. The van der Waals surface area contributed by atoms with Crippen molar-refractivity contribution in [1.29, 1.82) is 0 Å². The topological polar surface area (TPSA) is 73.9 Å². The lowest BCUT2D eigenvalue weighted by atomic mass is 9.95. The highest BCUT2D eigenvalue weighted by molar-refractivity contribution is 5.78. The number of Topliss-reactive ketones (excluding diaryl/α,β-unsaturated/α-hetero) is 1. The van der Waals surface area contributed by atoms with Crippen molar-refractivity contribution in [1.82, 2.24) is 5.32 Å². The van der Waals surface area contributed by atoms with Gasteiger partial charge in [0.1, 0.15) is 18.1 Å². The molecule has 0 aromatic heterocycles. The van der Waals surface area contributed by atoms with Crippen LogP contribution in [0.3, 0.4) is 0 Å². The Hall–Kier alpha value is -3.64. The molecule has 0 heterocycles. The normalized spacial score (nSPS) is 12.3. The first kappa shape index (κ1) is 35.8.